The van der Waals surface area contributed by atoms with E-state index in [1.165, 1.54) is 49.7 Å². The summed E-state index contributed by atoms with van der Waals surface area (Å²) >= 11 is 0. The highest BCUT2D eigenvalue weighted by Gasteiger charge is 2.58. The molecule has 0 radical (unpaired) electrons. The van der Waals surface area contributed by atoms with Crippen molar-refractivity contribution in [3.05, 3.63) is 65.7 Å². The second kappa shape index (κ2) is 7.89. The average molecular weight is 403 g/mol. The van der Waals surface area contributed by atoms with E-state index in [4.69, 9.17) is 4.74 Å². The fourth-order valence-corrected chi connectivity index (χ4v) is 6.87. The van der Waals surface area contributed by atoms with Gasteiger partial charge in [0.25, 0.3) is 0 Å². The number of hydrogen-bond donors (Lipinski definition) is 0. The van der Waals surface area contributed by atoms with Crippen molar-refractivity contribution >= 4 is 12.2 Å². The quantitative estimate of drug-likeness (QED) is 0.391. The molecule has 0 saturated heterocycles. The van der Waals surface area contributed by atoms with Crippen LogP contribution in [0.5, 0.6) is 5.75 Å². The summed E-state index contributed by atoms with van der Waals surface area (Å²) in [4.78, 5) is 0. The van der Waals surface area contributed by atoms with E-state index in [2.05, 4.69) is 74.8 Å². The molecule has 0 spiro atoms. The van der Waals surface area contributed by atoms with Crippen molar-refractivity contribution in [1.82, 2.24) is 0 Å². The van der Waals surface area contributed by atoms with E-state index < -0.39 is 0 Å². The summed E-state index contributed by atoms with van der Waals surface area (Å²) in [6, 6.07) is 18.9. The van der Waals surface area contributed by atoms with Crippen LogP contribution in [0.4, 0.5) is 0 Å². The Bertz CT molecular complexity index is 845. The normalized spacial score (nSPS) is 30.1. The van der Waals surface area contributed by atoms with Gasteiger partial charge in [-0.2, -0.15) is 0 Å². The number of quaternary nitrogens is 1. The van der Waals surface area contributed by atoms with Gasteiger partial charge in [0.1, 0.15) is 18.9 Å². The van der Waals surface area contributed by atoms with Crippen LogP contribution in [-0.4, -0.2) is 37.3 Å². The third-order valence-electron chi connectivity index (χ3n) is 8.36. The van der Waals surface area contributed by atoms with Gasteiger partial charge in [-0.3, -0.25) is 0 Å². The Morgan fingerprint density at radius 3 is 1.90 bits per heavy atom. The Morgan fingerprint density at radius 1 is 0.800 bits per heavy atom. The van der Waals surface area contributed by atoms with Crippen LogP contribution in [-0.2, 0) is 0 Å². The van der Waals surface area contributed by atoms with Crippen molar-refractivity contribution in [3.63, 3.8) is 0 Å². The first-order valence-electron chi connectivity index (χ1n) is 11.8. The summed E-state index contributed by atoms with van der Waals surface area (Å²) < 4.78 is 7.32. The zero-order chi connectivity index (χ0) is 20.6. The highest BCUT2D eigenvalue weighted by atomic mass is 16.5. The maximum absolute atomic E-state index is 6.18. The SMILES string of the molecule is C[N+](C)(CCOc1ccc(C=Cc2ccccc2)cc1)C12CC3CC(CC(C3)C1)C2. The molecule has 2 aromatic rings. The smallest absolute Gasteiger partial charge is 0.137 e. The molecular formula is C28H36NO+. The van der Waals surface area contributed by atoms with Crippen molar-refractivity contribution in [1.29, 1.82) is 0 Å². The molecule has 0 unspecified atom stereocenters. The molecule has 0 aliphatic heterocycles. The number of likely N-dealkylation sites (N-methyl/N-ethyl adjacent to an activating group) is 1. The van der Waals surface area contributed by atoms with Crippen LogP contribution in [0.1, 0.15) is 49.7 Å². The lowest BCUT2D eigenvalue weighted by Gasteiger charge is -2.62. The molecule has 4 bridgehead atoms. The van der Waals surface area contributed by atoms with Crippen molar-refractivity contribution in [3.8, 4) is 5.75 Å². The van der Waals surface area contributed by atoms with Gasteiger partial charge < -0.3 is 9.22 Å². The molecule has 0 N–H and O–H groups in total. The predicted octanol–water partition coefficient (Wildman–Crippen LogP) is 6.28. The van der Waals surface area contributed by atoms with Crippen molar-refractivity contribution in [2.24, 2.45) is 17.8 Å². The molecule has 2 aromatic carbocycles. The summed E-state index contributed by atoms with van der Waals surface area (Å²) in [6.07, 6.45) is 13.2. The van der Waals surface area contributed by atoms with E-state index in [9.17, 15) is 0 Å². The van der Waals surface area contributed by atoms with Gasteiger partial charge in [0, 0.05) is 19.3 Å². The lowest BCUT2D eigenvalue weighted by molar-refractivity contribution is -0.947. The van der Waals surface area contributed by atoms with Gasteiger partial charge in [-0.25, -0.2) is 0 Å². The number of ether oxygens (including phenoxy) is 1. The van der Waals surface area contributed by atoms with E-state index in [0.29, 0.717) is 5.54 Å². The summed E-state index contributed by atoms with van der Waals surface area (Å²) in [5.74, 6) is 4.00. The second-order valence-electron chi connectivity index (χ2n) is 10.7. The number of nitrogens with zero attached hydrogens (tertiary/aromatic N) is 1. The third-order valence-corrected chi connectivity index (χ3v) is 8.36. The Balaban J connectivity index is 1.16. The molecule has 0 heterocycles. The van der Waals surface area contributed by atoms with E-state index in [1.807, 2.05) is 6.07 Å². The molecule has 30 heavy (non-hydrogen) atoms. The van der Waals surface area contributed by atoms with Gasteiger partial charge in [-0.1, -0.05) is 54.6 Å². The summed E-state index contributed by atoms with van der Waals surface area (Å²) in [7, 11) is 4.93. The fourth-order valence-electron chi connectivity index (χ4n) is 6.87. The Kier molecular flexibility index (Phi) is 5.23. The van der Waals surface area contributed by atoms with Crippen molar-refractivity contribution in [2.75, 3.05) is 27.2 Å². The molecule has 4 aliphatic rings. The zero-order valence-corrected chi connectivity index (χ0v) is 18.6. The van der Waals surface area contributed by atoms with E-state index in [0.717, 1.165) is 41.1 Å². The Labute approximate surface area is 182 Å². The standard InChI is InChI=1S/C28H36NO/c1-29(2,28-19-24-16-25(20-28)18-26(17-24)21-28)14-15-30-27-12-10-23(11-13-27)9-8-22-6-4-3-5-7-22/h3-13,24-26H,14-21H2,1-2H3/q+1. The fraction of sp³-hybridized carbons (Fsp3) is 0.500. The molecule has 0 aromatic heterocycles. The maximum atomic E-state index is 6.18. The molecular weight excluding hydrogens is 366 g/mol. The minimum atomic E-state index is 0.518. The molecule has 2 nitrogen and oxygen atoms in total. The van der Waals surface area contributed by atoms with Crippen LogP contribution in [0, 0.1) is 17.8 Å². The molecule has 0 amide bonds. The first-order valence-corrected chi connectivity index (χ1v) is 11.8. The first kappa shape index (κ1) is 19.9. The molecule has 158 valence electrons. The highest BCUT2D eigenvalue weighted by Crippen LogP contribution is 2.58. The summed E-state index contributed by atoms with van der Waals surface area (Å²) in [6.45, 7) is 1.90. The van der Waals surface area contributed by atoms with Crippen LogP contribution in [0.2, 0.25) is 0 Å². The van der Waals surface area contributed by atoms with Crippen molar-refractivity contribution < 1.29 is 9.22 Å². The second-order valence-corrected chi connectivity index (χ2v) is 10.7. The number of hydrogen-bond acceptors (Lipinski definition) is 1. The van der Waals surface area contributed by atoms with Crippen LogP contribution in [0.3, 0.4) is 0 Å². The number of rotatable bonds is 7. The van der Waals surface area contributed by atoms with Crippen LogP contribution in [0.15, 0.2) is 54.6 Å². The maximum Gasteiger partial charge on any atom is 0.137 e. The van der Waals surface area contributed by atoms with Crippen LogP contribution >= 0.6 is 0 Å². The first-order chi connectivity index (χ1) is 14.5. The van der Waals surface area contributed by atoms with Gasteiger partial charge in [0.15, 0.2) is 0 Å². The van der Waals surface area contributed by atoms with Gasteiger partial charge in [0.05, 0.1) is 19.6 Å². The molecule has 4 fully saturated rings. The molecule has 4 saturated carbocycles. The van der Waals surface area contributed by atoms with Crippen molar-refractivity contribution in [2.45, 2.75) is 44.1 Å². The minimum absolute atomic E-state index is 0.518. The Morgan fingerprint density at radius 2 is 1.33 bits per heavy atom. The topological polar surface area (TPSA) is 9.23 Å². The van der Waals surface area contributed by atoms with Gasteiger partial charge in [0.2, 0.25) is 0 Å². The molecule has 4 aliphatic carbocycles. The summed E-state index contributed by atoms with van der Waals surface area (Å²) in [5, 5.41) is 0. The Hall–Kier alpha value is -2.06. The van der Waals surface area contributed by atoms with Crippen LogP contribution in [0.25, 0.3) is 12.2 Å². The lowest BCUT2D eigenvalue weighted by atomic mass is 9.52. The highest BCUT2D eigenvalue weighted by molar-refractivity contribution is 5.69. The monoisotopic (exact) mass is 402 g/mol. The molecule has 6 rings (SSSR count). The van der Waals surface area contributed by atoms with E-state index in [-0.39, 0.29) is 0 Å². The predicted molar refractivity (Wildman–Crippen MR) is 125 cm³/mol. The minimum Gasteiger partial charge on any atom is -0.488 e. The van der Waals surface area contributed by atoms with Crippen LogP contribution < -0.4 is 4.74 Å². The zero-order valence-electron chi connectivity index (χ0n) is 18.6. The third kappa shape index (κ3) is 3.95. The molecule has 0 atom stereocenters. The summed E-state index contributed by atoms with van der Waals surface area (Å²) in [5.41, 5.74) is 2.95. The molecule has 2 heteroatoms. The largest absolute Gasteiger partial charge is 0.488 e. The number of benzene rings is 2. The van der Waals surface area contributed by atoms with Gasteiger partial charge in [-0.15, -0.1) is 0 Å². The van der Waals surface area contributed by atoms with Gasteiger partial charge in [-0.05, 0) is 60.3 Å². The van der Waals surface area contributed by atoms with E-state index in [1.54, 1.807) is 0 Å². The van der Waals surface area contributed by atoms with E-state index >= 15 is 0 Å². The lowest BCUT2D eigenvalue weighted by Crippen LogP contribution is -2.67. The average Bonchev–Trinajstić information content (AvgIpc) is 2.73. The van der Waals surface area contributed by atoms with Gasteiger partial charge >= 0.3 is 0 Å².